The van der Waals surface area contributed by atoms with Crippen LogP contribution in [0.3, 0.4) is 0 Å². The maximum absolute atomic E-state index is 12.8. The number of unbranched alkanes of at least 4 members (excludes halogenated alkanes) is 3. The number of aromatic carboxylic acids is 1. The van der Waals surface area contributed by atoms with Gasteiger partial charge in [0.25, 0.3) is 0 Å². The summed E-state index contributed by atoms with van der Waals surface area (Å²) in [7, 11) is 0. The van der Waals surface area contributed by atoms with Gasteiger partial charge in [-0.3, -0.25) is 4.84 Å². The van der Waals surface area contributed by atoms with Crippen molar-refractivity contribution >= 4 is 23.4 Å². The first-order chi connectivity index (χ1) is 14.0. The van der Waals surface area contributed by atoms with Crippen LogP contribution in [0.4, 0.5) is 4.79 Å². The van der Waals surface area contributed by atoms with Crippen molar-refractivity contribution in [3.05, 3.63) is 16.1 Å². The van der Waals surface area contributed by atoms with Crippen LogP contribution in [-0.2, 0) is 9.57 Å². The largest absolute Gasteiger partial charge is 0.476 e. The number of nitrogens with zero attached hydrogens (tertiary/aromatic N) is 2. The second kappa shape index (κ2) is 12.2. The highest BCUT2D eigenvalue weighted by atomic mass is 32.1. The maximum atomic E-state index is 12.8. The zero-order valence-electron chi connectivity index (χ0n) is 18.9. The van der Waals surface area contributed by atoms with E-state index >= 15 is 0 Å². The lowest BCUT2D eigenvalue weighted by Crippen LogP contribution is -2.46. The van der Waals surface area contributed by atoms with E-state index in [0.717, 1.165) is 37.0 Å². The molecule has 8 nitrogen and oxygen atoms in total. The lowest BCUT2D eigenvalue weighted by atomic mass is 9.98. The van der Waals surface area contributed by atoms with E-state index < -0.39 is 29.8 Å². The molecule has 0 aliphatic rings. The number of amides is 1. The van der Waals surface area contributed by atoms with E-state index in [1.807, 2.05) is 13.8 Å². The first kappa shape index (κ1) is 26.3. The number of hydroxylamine groups is 2. The van der Waals surface area contributed by atoms with Gasteiger partial charge in [0, 0.05) is 11.8 Å². The first-order valence-corrected chi connectivity index (χ1v) is 11.4. The number of hydrogen-bond donors (Lipinski definition) is 2. The van der Waals surface area contributed by atoms with Crippen molar-refractivity contribution in [2.75, 3.05) is 6.61 Å². The second-order valence-corrected chi connectivity index (χ2v) is 9.53. The number of carboxylic acid groups (broad SMARTS) is 1. The van der Waals surface area contributed by atoms with Crippen LogP contribution in [0.2, 0.25) is 0 Å². The number of thiazole rings is 1. The van der Waals surface area contributed by atoms with E-state index in [4.69, 9.17) is 14.7 Å². The van der Waals surface area contributed by atoms with Crippen LogP contribution in [0, 0.1) is 5.92 Å². The molecule has 172 valence electrons. The first-order valence-electron chi connectivity index (χ1n) is 10.5. The summed E-state index contributed by atoms with van der Waals surface area (Å²) in [6.45, 7) is 11.7. The number of aliphatic hydroxyl groups is 1. The summed E-state index contributed by atoms with van der Waals surface area (Å²) in [5.41, 5.74) is -0.793. The fourth-order valence-electron chi connectivity index (χ4n) is 2.79. The molecule has 0 saturated carbocycles. The molecule has 1 heterocycles. The zero-order valence-corrected chi connectivity index (χ0v) is 19.7. The summed E-state index contributed by atoms with van der Waals surface area (Å²) < 4.78 is 5.52. The van der Waals surface area contributed by atoms with Gasteiger partial charge in [0.1, 0.15) is 16.7 Å². The molecule has 1 rings (SSSR count). The highest BCUT2D eigenvalue weighted by molar-refractivity contribution is 7.09. The molecule has 2 atom stereocenters. The van der Waals surface area contributed by atoms with E-state index in [1.54, 1.807) is 20.8 Å². The normalized spacial score (nSPS) is 13.9. The van der Waals surface area contributed by atoms with Gasteiger partial charge < -0.3 is 14.9 Å². The van der Waals surface area contributed by atoms with Crippen LogP contribution in [0.25, 0.3) is 0 Å². The fraction of sp³-hybridized carbons (Fsp3) is 0.762. The van der Waals surface area contributed by atoms with E-state index in [-0.39, 0.29) is 18.0 Å². The lowest BCUT2D eigenvalue weighted by Gasteiger charge is -2.35. The third-order valence-corrected chi connectivity index (χ3v) is 5.31. The summed E-state index contributed by atoms with van der Waals surface area (Å²) in [5, 5.41) is 22.6. The van der Waals surface area contributed by atoms with E-state index in [0.29, 0.717) is 11.6 Å². The van der Waals surface area contributed by atoms with Crippen molar-refractivity contribution in [3.8, 4) is 0 Å². The molecule has 30 heavy (non-hydrogen) atoms. The summed E-state index contributed by atoms with van der Waals surface area (Å²) in [5.74, 6) is -1.18. The Morgan fingerprint density at radius 1 is 1.23 bits per heavy atom. The average molecular weight is 445 g/mol. The molecule has 1 aromatic heterocycles. The van der Waals surface area contributed by atoms with Crippen molar-refractivity contribution < 1.29 is 29.4 Å². The van der Waals surface area contributed by atoms with E-state index in [1.165, 1.54) is 10.4 Å². The van der Waals surface area contributed by atoms with Crippen LogP contribution in [0.15, 0.2) is 5.38 Å². The molecule has 9 heteroatoms. The molecular formula is C21H36N2O6S. The minimum Gasteiger partial charge on any atom is -0.476 e. The van der Waals surface area contributed by atoms with E-state index in [9.17, 15) is 14.7 Å². The Labute approximate surface area is 183 Å². The molecule has 0 radical (unpaired) electrons. The number of ether oxygens (including phenoxy) is 1. The Balaban J connectivity index is 2.96. The molecule has 0 aromatic carbocycles. The van der Waals surface area contributed by atoms with Crippen LogP contribution in [-0.4, -0.2) is 50.6 Å². The average Bonchev–Trinajstić information content (AvgIpc) is 3.12. The molecule has 0 bridgehead atoms. The highest BCUT2D eigenvalue weighted by Gasteiger charge is 2.34. The number of aliphatic hydroxyl groups excluding tert-OH is 1. The Hall–Kier alpha value is -1.71. The SMILES string of the molecule is CCCCCCON(C(=O)OC(C)(C)C)[C@H](C[C@@H](O)c1nc(C(=O)O)cs1)C(C)C. The quantitative estimate of drug-likeness (QED) is 0.343. The molecule has 1 amide bonds. The van der Waals surface area contributed by atoms with Crippen molar-refractivity contribution in [1.82, 2.24) is 10.0 Å². The van der Waals surface area contributed by atoms with Gasteiger partial charge in [-0.2, -0.15) is 5.06 Å². The van der Waals surface area contributed by atoms with Gasteiger partial charge >= 0.3 is 12.1 Å². The minimum atomic E-state index is -1.14. The summed E-state index contributed by atoms with van der Waals surface area (Å²) in [6.07, 6.45) is 2.54. The van der Waals surface area contributed by atoms with Crippen molar-refractivity contribution in [1.29, 1.82) is 0 Å². The molecule has 0 saturated heterocycles. The van der Waals surface area contributed by atoms with Gasteiger partial charge in [-0.25, -0.2) is 14.6 Å². The van der Waals surface area contributed by atoms with E-state index in [2.05, 4.69) is 11.9 Å². The Morgan fingerprint density at radius 2 is 1.90 bits per heavy atom. The lowest BCUT2D eigenvalue weighted by molar-refractivity contribution is -0.184. The summed E-state index contributed by atoms with van der Waals surface area (Å²) >= 11 is 1.08. The van der Waals surface area contributed by atoms with Gasteiger partial charge in [-0.05, 0) is 33.1 Å². The van der Waals surface area contributed by atoms with Gasteiger partial charge in [-0.1, -0.05) is 40.0 Å². The molecule has 2 N–H and O–H groups in total. The maximum Gasteiger partial charge on any atom is 0.434 e. The molecule has 1 aromatic rings. The number of carbonyl (C=O) groups is 2. The molecule has 0 aliphatic carbocycles. The van der Waals surface area contributed by atoms with Gasteiger partial charge in [0.15, 0.2) is 5.69 Å². The van der Waals surface area contributed by atoms with Gasteiger partial charge in [0.2, 0.25) is 0 Å². The Kier molecular flexibility index (Phi) is 10.7. The molecule has 0 fully saturated rings. The van der Waals surface area contributed by atoms with Gasteiger partial charge in [-0.15, -0.1) is 11.3 Å². The predicted molar refractivity (Wildman–Crippen MR) is 115 cm³/mol. The highest BCUT2D eigenvalue weighted by Crippen LogP contribution is 2.28. The van der Waals surface area contributed by atoms with Gasteiger partial charge in [0.05, 0.1) is 12.6 Å². The monoisotopic (exact) mass is 444 g/mol. The number of hydrogen-bond acceptors (Lipinski definition) is 7. The Bertz CT molecular complexity index is 671. The third-order valence-electron chi connectivity index (χ3n) is 4.36. The third kappa shape index (κ3) is 8.97. The molecule has 0 aliphatic heterocycles. The molecule has 0 unspecified atom stereocenters. The smallest absolute Gasteiger partial charge is 0.434 e. The van der Waals surface area contributed by atoms with Crippen LogP contribution in [0.5, 0.6) is 0 Å². The number of carbonyl (C=O) groups excluding carboxylic acids is 1. The van der Waals surface area contributed by atoms with Crippen molar-refractivity contribution in [2.24, 2.45) is 5.92 Å². The molecular weight excluding hydrogens is 408 g/mol. The zero-order chi connectivity index (χ0) is 22.9. The standard InChI is InChI=1S/C21H36N2O6S/c1-7-8-9-10-11-28-23(20(27)29-21(4,5)6)16(14(2)3)12-17(24)18-22-15(13-30-18)19(25)26/h13-14,16-17,24H,7-12H2,1-6H3,(H,25,26)/t16-,17-/m1/s1. The fourth-order valence-corrected chi connectivity index (χ4v) is 3.58. The van der Waals surface area contributed by atoms with Crippen molar-refractivity contribution in [3.63, 3.8) is 0 Å². The number of aromatic nitrogens is 1. The van der Waals surface area contributed by atoms with Crippen LogP contribution < -0.4 is 0 Å². The molecule has 0 spiro atoms. The van der Waals surface area contributed by atoms with Crippen LogP contribution >= 0.6 is 11.3 Å². The summed E-state index contributed by atoms with van der Waals surface area (Å²) in [4.78, 5) is 33.7. The topological polar surface area (TPSA) is 109 Å². The van der Waals surface area contributed by atoms with Crippen molar-refractivity contribution in [2.45, 2.75) is 91.4 Å². The summed E-state index contributed by atoms with van der Waals surface area (Å²) in [6, 6.07) is -0.474. The minimum absolute atomic E-state index is 0.0401. The number of carboxylic acids is 1. The predicted octanol–water partition coefficient (Wildman–Crippen LogP) is 5.04. The van der Waals surface area contributed by atoms with Crippen LogP contribution in [0.1, 0.15) is 95.2 Å². The second-order valence-electron chi connectivity index (χ2n) is 8.64. The number of rotatable bonds is 12. The Morgan fingerprint density at radius 3 is 2.40 bits per heavy atom.